The first-order chi connectivity index (χ1) is 20.1. The zero-order valence-electron chi connectivity index (χ0n) is 32.2. The van der Waals surface area contributed by atoms with Gasteiger partial charge in [-0.15, -0.1) is 0 Å². The van der Waals surface area contributed by atoms with Crippen molar-refractivity contribution >= 4 is 29.5 Å². The summed E-state index contributed by atoms with van der Waals surface area (Å²) in [6.07, 6.45) is 2.26. The fourth-order valence-corrected chi connectivity index (χ4v) is 26.9. The van der Waals surface area contributed by atoms with Crippen LogP contribution in [0, 0.1) is 5.92 Å². The summed E-state index contributed by atoms with van der Waals surface area (Å²) in [4.78, 5) is 0. The molecule has 4 atom stereocenters. The molecule has 4 nitrogen and oxygen atoms in total. The molecule has 0 aliphatic carbocycles. The van der Waals surface area contributed by atoms with Gasteiger partial charge in [-0.1, -0.05) is 0 Å². The van der Waals surface area contributed by atoms with E-state index in [0.717, 1.165) is 11.0 Å². The Morgan fingerprint density at radius 2 is 0.909 bits per heavy atom. The van der Waals surface area contributed by atoms with Crippen molar-refractivity contribution in [2.45, 2.75) is 199 Å². The van der Waals surface area contributed by atoms with Gasteiger partial charge in [0.1, 0.15) is 0 Å². The third kappa shape index (κ3) is 8.43. The van der Waals surface area contributed by atoms with Crippen molar-refractivity contribution in [3.63, 3.8) is 0 Å². The zero-order chi connectivity index (χ0) is 34.5. The van der Waals surface area contributed by atoms with Crippen LogP contribution in [0.1, 0.15) is 131 Å². The summed E-state index contributed by atoms with van der Waals surface area (Å²) in [6.45, 7) is 47.5. The quantitative estimate of drug-likeness (QED) is 0.105. The normalized spacial score (nSPS) is 22.8. The van der Waals surface area contributed by atoms with E-state index in [9.17, 15) is 0 Å². The fourth-order valence-electron chi connectivity index (χ4n) is 9.72. The molecule has 0 aromatic carbocycles. The number of ether oxygens (including phenoxy) is 1. The predicted octanol–water partition coefficient (Wildman–Crippen LogP) is 11.6. The van der Waals surface area contributed by atoms with Gasteiger partial charge < -0.3 is 0 Å². The molecule has 0 N–H and O–H groups in total. The zero-order valence-corrected chi connectivity index (χ0v) is 36.5. The Labute approximate surface area is 286 Å². The van der Waals surface area contributed by atoms with E-state index >= 15 is 0 Å². The Bertz CT molecular complexity index is 834. The molecule has 0 amide bonds. The van der Waals surface area contributed by atoms with Crippen LogP contribution in [0.25, 0.3) is 0 Å². The Hall–Kier alpha value is 0.633. The maximum atomic E-state index is 7.83. The number of hydrogen-bond acceptors (Lipinski definition) is 4. The number of hydrogen-bond donors (Lipinski definition) is 0. The minimum absolute atomic E-state index is 0.0531. The van der Waals surface area contributed by atoms with E-state index in [1.807, 2.05) is 6.08 Å². The van der Waals surface area contributed by atoms with Gasteiger partial charge in [0, 0.05) is 0 Å². The number of allylic oxidation sites excluding steroid dienone is 1. The van der Waals surface area contributed by atoms with Crippen molar-refractivity contribution in [3.05, 3.63) is 12.7 Å². The van der Waals surface area contributed by atoms with E-state index in [1.54, 1.807) is 0 Å². The molecule has 260 valence electrons. The molecule has 0 aromatic heterocycles. The van der Waals surface area contributed by atoms with Crippen LogP contribution in [0.5, 0.6) is 0 Å². The molecule has 1 aliphatic heterocycles. The summed E-state index contributed by atoms with van der Waals surface area (Å²) in [6, 6.07) is 0. The van der Waals surface area contributed by atoms with Crippen LogP contribution in [-0.4, -0.2) is 54.4 Å². The van der Waals surface area contributed by atoms with Crippen LogP contribution >= 0.6 is 0 Å². The average Bonchev–Trinajstić information content (AvgIpc) is 2.86. The van der Waals surface area contributed by atoms with Crippen LogP contribution in [0.3, 0.4) is 0 Å². The summed E-state index contributed by atoms with van der Waals surface area (Å²) in [5.74, 6) is 0.0531. The summed E-state index contributed by atoms with van der Waals surface area (Å²) in [7, 11) is -6.71. The van der Waals surface area contributed by atoms with Crippen molar-refractivity contribution < 1.29 is 33.9 Å². The third-order valence-corrected chi connectivity index (χ3v) is 30.3. The van der Waals surface area contributed by atoms with Crippen LogP contribution in [0.15, 0.2) is 12.7 Å². The predicted molar refractivity (Wildman–Crippen MR) is 197 cm³/mol. The van der Waals surface area contributed by atoms with Crippen molar-refractivity contribution in [3.8, 4) is 0 Å². The molecule has 1 fully saturated rings. The third-order valence-electron chi connectivity index (χ3n) is 11.4. The van der Waals surface area contributed by atoms with Gasteiger partial charge in [0.15, 0.2) is 0 Å². The second kappa shape index (κ2) is 17.3. The van der Waals surface area contributed by atoms with Gasteiger partial charge in [0.2, 0.25) is 0 Å². The average molecular weight is 707 g/mol. The molecule has 8 heteroatoms. The standard InChI is InChI=1S/C36H74O4Si3.Cr/c1-20-21-33-22-37-34(23-38-41(24(2)3,25(4)5)26(6)7)36(40-43(30(14)15,31(16)17)32(18)19)35(33)39-42(27(8)9,28(10)11)29(12)13;/h20,24-36H,1,21,23H2,2-19H3;/t33-,34+,35+,36+;/m0./s1. The van der Waals surface area contributed by atoms with Crippen molar-refractivity contribution in [2.24, 2.45) is 5.92 Å². The topological polar surface area (TPSA) is 36.9 Å². The Morgan fingerprint density at radius 3 is 1.20 bits per heavy atom. The summed E-state index contributed by atoms with van der Waals surface area (Å²) in [5, 5.41) is 0. The Balaban J connectivity index is 4.03. The molecule has 0 radical (unpaired) electrons. The van der Waals surface area contributed by atoms with Crippen LogP contribution in [0.4, 0.5) is 0 Å². The molecule has 1 rings (SSSR count). The summed E-state index contributed by atoms with van der Waals surface area (Å²) in [5.41, 5.74) is 4.29. The second-order valence-corrected chi connectivity index (χ2v) is 33.4. The van der Waals surface area contributed by atoms with E-state index in [1.165, 1.54) is 0 Å². The molecule has 0 unspecified atom stereocenters. The van der Waals surface area contributed by atoms with Crippen LogP contribution in [0.2, 0.25) is 49.9 Å². The molecule has 1 heterocycles. The molecule has 0 aromatic rings. The molecular weight excluding hydrogens is 633 g/mol. The number of rotatable bonds is 18. The molecule has 0 saturated carbocycles. The summed E-state index contributed by atoms with van der Waals surface area (Å²) < 4.78 is 30.8. The van der Waals surface area contributed by atoms with Crippen molar-refractivity contribution in [2.75, 3.05) is 6.61 Å². The fraction of sp³-hybridized carbons (Fsp3) is 0.917. The van der Waals surface area contributed by atoms with Gasteiger partial charge in [-0.25, -0.2) is 0 Å². The SMILES string of the molecule is C=CC[C@H]1[C](=[Cr])O[C@H](CO[Si](C(C)C)(C(C)C)C(C)C)[C@@H](O[Si](C(C)C)(C(C)C)C(C)C)[C@@H]1O[Si](C(C)C)(C(C)C)C(C)C. The van der Waals surface area contributed by atoms with E-state index in [-0.39, 0.29) is 24.2 Å². The first-order valence-electron chi connectivity index (χ1n) is 17.9. The van der Waals surface area contributed by atoms with Gasteiger partial charge >= 0.3 is 288 Å². The van der Waals surface area contributed by atoms with Gasteiger partial charge in [0.05, 0.1) is 0 Å². The first-order valence-corrected chi connectivity index (χ1v) is 25.0. The second-order valence-electron chi connectivity index (χ2n) is 16.5. The van der Waals surface area contributed by atoms with E-state index < -0.39 is 25.0 Å². The minimum atomic E-state index is -2.30. The van der Waals surface area contributed by atoms with Gasteiger partial charge in [-0.05, 0) is 0 Å². The Kier molecular flexibility index (Phi) is 16.8. The van der Waals surface area contributed by atoms with E-state index in [0.29, 0.717) is 56.5 Å². The van der Waals surface area contributed by atoms with Gasteiger partial charge in [-0.3, -0.25) is 0 Å². The van der Waals surface area contributed by atoms with E-state index in [4.69, 9.17) is 18.0 Å². The maximum absolute atomic E-state index is 7.83. The first kappa shape index (κ1) is 42.7. The molecule has 0 bridgehead atoms. The van der Waals surface area contributed by atoms with Gasteiger partial charge in [-0.2, -0.15) is 0 Å². The molecule has 1 aliphatic rings. The molecule has 44 heavy (non-hydrogen) atoms. The molecular formula is C36H74CrO4Si3. The van der Waals surface area contributed by atoms with Crippen LogP contribution in [-0.2, 0) is 33.9 Å². The van der Waals surface area contributed by atoms with Gasteiger partial charge in [0.25, 0.3) is 0 Å². The monoisotopic (exact) mass is 706 g/mol. The Morgan fingerprint density at radius 1 is 0.591 bits per heavy atom. The molecule has 0 spiro atoms. The summed E-state index contributed by atoms with van der Waals surface area (Å²) >= 11 is 3.36. The van der Waals surface area contributed by atoms with Crippen molar-refractivity contribution in [1.82, 2.24) is 0 Å². The van der Waals surface area contributed by atoms with Crippen LogP contribution < -0.4 is 0 Å². The molecule has 1 saturated heterocycles. The van der Waals surface area contributed by atoms with E-state index in [2.05, 4.69) is 147 Å². The van der Waals surface area contributed by atoms with Crippen molar-refractivity contribution in [1.29, 1.82) is 0 Å².